The lowest BCUT2D eigenvalue weighted by Crippen LogP contribution is -2.08. The van der Waals surface area contributed by atoms with Crippen LogP contribution in [0.5, 0.6) is 0 Å². The summed E-state index contributed by atoms with van der Waals surface area (Å²) in [7, 11) is 0. The number of aryl methyl sites for hydroxylation is 2. The maximum atomic E-state index is 11.9. The largest absolute Gasteiger partial charge is 0.322 e. The predicted octanol–water partition coefficient (Wildman–Crippen LogP) is 3.86. The number of carbonyl (C=O) groups excluding carboxylic acids is 1. The third-order valence-electron chi connectivity index (χ3n) is 3.02. The summed E-state index contributed by atoms with van der Waals surface area (Å²) in [5.74, 6) is -0.247. The van der Waals surface area contributed by atoms with Crippen LogP contribution in [0.15, 0.2) is 48.5 Å². The minimum atomic E-state index is -0.458. The van der Waals surface area contributed by atoms with E-state index in [2.05, 4.69) is 5.32 Å². The van der Waals surface area contributed by atoms with Crippen molar-refractivity contribution >= 4 is 23.4 Å². The topological polar surface area (TPSA) is 72.2 Å². The highest BCUT2D eigenvalue weighted by atomic mass is 16.6. The number of benzene rings is 2. The number of carbonyl (C=O) groups is 1. The molecule has 0 radical (unpaired) electrons. The van der Waals surface area contributed by atoms with E-state index < -0.39 is 4.92 Å². The Morgan fingerprint density at radius 2 is 1.68 bits per heavy atom. The van der Waals surface area contributed by atoms with Crippen LogP contribution >= 0.6 is 0 Å². The zero-order chi connectivity index (χ0) is 16.1. The fourth-order valence-electron chi connectivity index (χ4n) is 2.11. The third kappa shape index (κ3) is 4.28. The van der Waals surface area contributed by atoms with Crippen LogP contribution in [-0.4, -0.2) is 10.8 Å². The third-order valence-corrected chi connectivity index (χ3v) is 3.02. The van der Waals surface area contributed by atoms with Crippen LogP contribution in [-0.2, 0) is 4.79 Å². The van der Waals surface area contributed by atoms with Gasteiger partial charge in [0.2, 0.25) is 5.91 Å². The van der Waals surface area contributed by atoms with E-state index in [9.17, 15) is 14.9 Å². The second-order valence-electron chi connectivity index (χ2n) is 5.05. The molecule has 5 heteroatoms. The van der Waals surface area contributed by atoms with Crippen LogP contribution in [0.2, 0.25) is 0 Å². The summed E-state index contributed by atoms with van der Waals surface area (Å²) in [5.41, 5.74) is 3.65. The van der Waals surface area contributed by atoms with Crippen molar-refractivity contribution in [3.05, 3.63) is 75.3 Å². The van der Waals surface area contributed by atoms with E-state index in [4.69, 9.17) is 0 Å². The van der Waals surface area contributed by atoms with Crippen molar-refractivity contribution in [2.75, 3.05) is 5.32 Å². The van der Waals surface area contributed by atoms with Crippen LogP contribution < -0.4 is 5.32 Å². The molecular formula is C17H16N2O3. The Labute approximate surface area is 128 Å². The first-order valence-corrected chi connectivity index (χ1v) is 6.76. The second kappa shape index (κ2) is 6.67. The van der Waals surface area contributed by atoms with Crippen LogP contribution in [0.3, 0.4) is 0 Å². The van der Waals surface area contributed by atoms with Crippen LogP contribution in [0.1, 0.15) is 16.7 Å². The molecule has 0 aliphatic rings. The lowest BCUT2D eigenvalue weighted by Gasteiger charge is -2.05. The van der Waals surface area contributed by atoms with Gasteiger partial charge in [-0.3, -0.25) is 14.9 Å². The smallest absolute Gasteiger partial charge is 0.269 e. The van der Waals surface area contributed by atoms with Gasteiger partial charge in [0.1, 0.15) is 0 Å². The van der Waals surface area contributed by atoms with Crippen LogP contribution in [0, 0.1) is 24.0 Å². The highest BCUT2D eigenvalue weighted by Gasteiger charge is 2.03. The number of amides is 1. The second-order valence-corrected chi connectivity index (χ2v) is 5.05. The van der Waals surface area contributed by atoms with Gasteiger partial charge in [-0.2, -0.15) is 0 Å². The zero-order valence-corrected chi connectivity index (χ0v) is 12.4. The Bertz CT molecular complexity index is 714. The highest BCUT2D eigenvalue weighted by Crippen LogP contribution is 2.15. The molecule has 1 N–H and O–H groups in total. The average molecular weight is 296 g/mol. The molecule has 0 unspecified atom stereocenters. The number of anilines is 1. The van der Waals surface area contributed by atoms with Gasteiger partial charge < -0.3 is 5.32 Å². The fourth-order valence-corrected chi connectivity index (χ4v) is 2.11. The van der Waals surface area contributed by atoms with Crippen molar-refractivity contribution < 1.29 is 9.72 Å². The van der Waals surface area contributed by atoms with Gasteiger partial charge in [-0.1, -0.05) is 6.07 Å². The molecule has 5 nitrogen and oxygen atoms in total. The normalized spacial score (nSPS) is 10.6. The van der Waals surface area contributed by atoms with E-state index in [-0.39, 0.29) is 11.6 Å². The standard InChI is InChI=1S/C17H16N2O3/c1-12-9-13(2)11-15(10-12)18-17(20)8-5-14-3-6-16(7-4-14)19(21)22/h3-11H,1-2H3,(H,18,20)/b8-5+. The van der Waals surface area contributed by atoms with Crippen molar-refractivity contribution in [3.63, 3.8) is 0 Å². The number of rotatable bonds is 4. The maximum absolute atomic E-state index is 11.9. The van der Waals surface area contributed by atoms with Gasteiger partial charge in [0.05, 0.1) is 4.92 Å². The minimum Gasteiger partial charge on any atom is -0.322 e. The summed E-state index contributed by atoms with van der Waals surface area (Å²) in [5, 5.41) is 13.3. The SMILES string of the molecule is Cc1cc(C)cc(NC(=O)/C=C/c2ccc([N+](=O)[O-])cc2)c1. The van der Waals surface area contributed by atoms with Crippen molar-refractivity contribution in [2.24, 2.45) is 0 Å². The molecule has 0 spiro atoms. The molecule has 2 aromatic rings. The quantitative estimate of drug-likeness (QED) is 0.529. The molecule has 0 fully saturated rings. The van der Waals surface area contributed by atoms with E-state index in [1.165, 1.54) is 18.2 Å². The number of nitro benzene ring substituents is 1. The minimum absolute atomic E-state index is 0.0248. The van der Waals surface area contributed by atoms with Gasteiger partial charge in [-0.25, -0.2) is 0 Å². The zero-order valence-electron chi connectivity index (χ0n) is 12.4. The summed E-state index contributed by atoms with van der Waals surface area (Å²) < 4.78 is 0. The van der Waals surface area contributed by atoms with Gasteiger partial charge in [-0.15, -0.1) is 0 Å². The predicted molar refractivity (Wildman–Crippen MR) is 86.7 cm³/mol. The summed E-state index contributed by atoms with van der Waals surface area (Å²) >= 11 is 0. The molecule has 22 heavy (non-hydrogen) atoms. The number of nitrogens with one attached hydrogen (secondary N) is 1. The van der Waals surface area contributed by atoms with Gasteiger partial charge in [0, 0.05) is 23.9 Å². The number of non-ortho nitro benzene ring substituents is 1. The molecule has 2 rings (SSSR count). The van der Waals surface area contributed by atoms with Gasteiger partial charge in [-0.05, 0) is 60.9 Å². The first-order valence-electron chi connectivity index (χ1n) is 6.76. The van der Waals surface area contributed by atoms with Gasteiger partial charge >= 0.3 is 0 Å². The van der Waals surface area contributed by atoms with Gasteiger partial charge in [0.15, 0.2) is 0 Å². The highest BCUT2D eigenvalue weighted by molar-refractivity contribution is 6.02. The molecule has 2 aromatic carbocycles. The molecule has 0 heterocycles. The van der Waals surface area contributed by atoms with E-state index in [0.717, 1.165) is 22.4 Å². The Balaban J connectivity index is 2.03. The molecule has 0 saturated heterocycles. The first-order chi connectivity index (χ1) is 10.4. The Kier molecular flexibility index (Phi) is 4.68. The number of nitro groups is 1. The van der Waals surface area contributed by atoms with Crippen molar-refractivity contribution in [3.8, 4) is 0 Å². The number of hydrogen-bond acceptors (Lipinski definition) is 3. The van der Waals surface area contributed by atoms with Crippen molar-refractivity contribution in [1.82, 2.24) is 0 Å². The van der Waals surface area contributed by atoms with Gasteiger partial charge in [0.25, 0.3) is 5.69 Å². The lowest BCUT2D eigenvalue weighted by atomic mass is 10.1. The van der Waals surface area contributed by atoms with E-state index in [1.54, 1.807) is 18.2 Å². The Morgan fingerprint density at radius 1 is 1.09 bits per heavy atom. The summed E-state index contributed by atoms with van der Waals surface area (Å²) in [6, 6.07) is 11.8. The maximum Gasteiger partial charge on any atom is 0.269 e. The lowest BCUT2D eigenvalue weighted by molar-refractivity contribution is -0.384. The summed E-state index contributed by atoms with van der Waals surface area (Å²) in [4.78, 5) is 22.0. The van der Waals surface area contributed by atoms with Crippen molar-refractivity contribution in [1.29, 1.82) is 0 Å². The van der Waals surface area contributed by atoms with E-state index >= 15 is 0 Å². The molecule has 0 aliphatic heterocycles. The van der Waals surface area contributed by atoms with Crippen molar-refractivity contribution in [2.45, 2.75) is 13.8 Å². The molecule has 0 saturated carbocycles. The summed E-state index contributed by atoms with van der Waals surface area (Å²) in [6.07, 6.45) is 3.01. The molecule has 0 atom stereocenters. The molecule has 0 bridgehead atoms. The van der Waals surface area contributed by atoms with E-state index in [1.807, 2.05) is 32.0 Å². The average Bonchev–Trinajstić information content (AvgIpc) is 2.44. The van der Waals surface area contributed by atoms with Crippen LogP contribution in [0.4, 0.5) is 11.4 Å². The number of nitrogens with zero attached hydrogens (tertiary/aromatic N) is 1. The monoisotopic (exact) mass is 296 g/mol. The molecule has 1 amide bonds. The molecular weight excluding hydrogens is 280 g/mol. The van der Waals surface area contributed by atoms with E-state index in [0.29, 0.717) is 0 Å². The first kappa shape index (κ1) is 15.4. The molecule has 0 aromatic heterocycles. The summed E-state index contributed by atoms with van der Waals surface area (Å²) in [6.45, 7) is 3.94. The Morgan fingerprint density at radius 3 is 2.23 bits per heavy atom. The Hall–Kier alpha value is -2.95. The molecule has 112 valence electrons. The molecule has 0 aliphatic carbocycles. The van der Waals surface area contributed by atoms with Crippen LogP contribution in [0.25, 0.3) is 6.08 Å². The fraction of sp³-hybridized carbons (Fsp3) is 0.118. The number of hydrogen-bond donors (Lipinski definition) is 1.